The van der Waals surface area contributed by atoms with E-state index in [2.05, 4.69) is 29.6 Å². The summed E-state index contributed by atoms with van der Waals surface area (Å²) in [4.78, 5) is 37.3. The molecule has 1 saturated heterocycles. The predicted octanol–water partition coefficient (Wildman–Crippen LogP) is 2.94. The summed E-state index contributed by atoms with van der Waals surface area (Å²) in [7, 11) is 0. The fraction of sp³-hybridized carbons (Fsp3) is 0.348. The third kappa shape index (κ3) is 4.54. The first-order valence-corrected chi connectivity index (χ1v) is 11.4. The minimum absolute atomic E-state index is 0.0260. The number of aliphatic carboxylic acids is 1. The maximum absolute atomic E-state index is 12.4. The molecule has 31 heavy (non-hydrogen) atoms. The Kier molecular flexibility index (Phi) is 6.46. The molecule has 0 bridgehead atoms. The highest BCUT2D eigenvalue weighted by atomic mass is 32.2. The molecule has 7 nitrogen and oxygen atoms in total. The quantitative estimate of drug-likeness (QED) is 0.717. The molecule has 1 aliphatic carbocycles. The van der Waals surface area contributed by atoms with E-state index >= 15 is 0 Å². The van der Waals surface area contributed by atoms with Gasteiger partial charge in [-0.2, -0.15) is 11.8 Å². The number of nitrogens with one attached hydrogen (secondary N) is 1. The van der Waals surface area contributed by atoms with E-state index in [-0.39, 0.29) is 31.4 Å². The van der Waals surface area contributed by atoms with Crippen molar-refractivity contribution >= 4 is 29.7 Å². The summed E-state index contributed by atoms with van der Waals surface area (Å²) in [6.07, 6.45) is -0.544. The topological polar surface area (TPSA) is 95.9 Å². The van der Waals surface area contributed by atoms with E-state index in [1.807, 2.05) is 24.3 Å². The molecule has 1 aliphatic heterocycles. The molecule has 2 aliphatic rings. The number of carbonyl (C=O) groups is 3. The summed E-state index contributed by atoms with van der Waals surface area (Å²) in [5.41, 5.74) is 4.58. The van der Waals surface area contributed by atoms with E-state index in [0.29, 0.717) is 12.3 Å². The maximum Gasteiger partial charge on any atom is 0.407 e. The van der Waals surface area contributed by atoms with Gasteiger partial charge in [-0.05, 0) is 22.3 Å². The Balaban J connectivity index is 1.28. The Morgan fingerprint density at radius 2 is 1.71 bits per heavy atom. The molecule has 2 amide bonds. The minimum atomic E-state index is -0.995. The molecule has 0 saturated carbocycles. The van der Waals surface area contributed by atoms with Gasteiger partial charge in [-0.15, -0.1) is 0 Å². The Bertz CT molecular complexity index is 950. The van der Waals surface area contributed by atoms with Crippen molar-refractivity contribution in [2.45, 2.75) is 18.4 Å². The molecule has 0 radical (unpaired) electrons. The van der Waals surface area contributed by atoms with E-state index < -0.39 is 18.1 Å². The van der Waals surface area contributed by atoms with Gasteiger partial charge >= 0.3 is 12.1 Å². The monoisotopic (exact) mass is 440 g/mol. The number of ether oxygens (including phenoxy) is 1. The van der Waals surface area contributed by atoms with Gasteiger partial charge in [0.15, 0.2) is 0 Å². The summed E-state index contributed by atoms with van der Waals surface area (Å²) in [5, 5.41) is 11.9. The van der Waals surface area contributed by atoms with Crippen molar-refractivity contribution in [3.63, 3.8) is 0 Å². The van der Waals surface area contributed by atoms with Gasteiger partial charge in [-0.25, -0.2) is 9.59 Å². The highest BCUT2D eigenvalue weighted by Crippen LogP contribution is 2.44. The molecule has 2 aromatic carbocycles. The van der Waals surface area contributed by atoms with Crippen LogP contribution in [0.25, 0.3) is 11.1 Å². The van der Waals surface area contributed by atoms with Gasteiger partial charge < -0.3 is 20.1 Å². The zero-order valence-corrected chi connectivity index (χ0v) is 17.8. The molecule has 1 heterocycles. The second kappa shape index (κ2) is 9.43. The molecular formula is C23H24N2O5S. The standard InChI is InChI=1S/C23H24N2O5S/c26-21(25-11-12-31-14-20(25)22(27)28)9-10-24-23(29)30-13-19-17-7-3-1-5-15(17)16-6-2-4-8-18(16)19/h1-8,19-20H,9-14H2,(H,24,29)(H,27,28). The number of thioether (sulfide) groups is 1. The van der Waals surface area contributed by atoms with E-state index in [0.717, 1.165) is 28.0 Å². The SMILES string of the molecule is O=C(NCCC(=O)N1CCSCC1C(=O)O)OCC1c2ccccc2-c2ccccc21. The van der Waals surface area contributed by atoms with E-state index in [1.54, 1.807) is 0 Å². The number of nitrogens with zero attached hydrogens (tertiary/aromatic N) is 1. The van der Waals surface area contributed by atoms with Gasteiger partial charge in [-0.1, -0.05) is 48.5 Å². The number of carbonyl (C=O) groups excluding carboxylic acids is 2. The number of carboxylic acids is 1. The number of fused-ring (bicyclic) bond motifs is 3. The lowest BCUT2D eigenvalue weighted by molar-refractivity contribution is -0.149. The van der Waals surface area contributed by atoms with Crippen LogP contribution < -0.4 is 5.32 Å². The zero-order chi connectivity index (χ0) is 21.8. The van der Waals surface area contributed by atoms with E-state index in [1.165, 1.54) is 16.7 Å². The molecule has 162 valence electrons. The fourth-order valence-corrected chi connectivity index (χ4v) is 5.21. The van der Waals surface area contributed by atoms with Crippen LogP contribution in [0.4, 0.5) is 4.79 Å². The zero-order valence-electron chi connectivity index (χ0n) is 17.0. The second-order valence-corrected chi connectivity index (χ2v) is 8.67. The normalized spacial score (nSPS) is 17.5. The van der Waals surface area contributed by atoms with Crippen molar-refractivity contribution in [1.82, 2.24) is 10.2 Å². The summed E-state index contributed by atoms with van der Waals surface area (Å²) < 4.78 is 5.45. The summed E-state index contributed by atoms with van der Waals surface area (Å²) in [5.74, 6) is -0.186. The van der Waals surface area contributed by atoms with Crippen molar-refractivity contribution in [2.24, 2.45) is 0 Å². The average Bonchev–Trinajstić information content (AvgIpc) is 3.11. The first kappa shape index (κ1) is 21.2. The van der Waals surface area contributed by atoms with E-state index in [4.69, 9.17) is 4.74 Å². The Labute approximate surface area is 184 Å². The average molecular weight is 441 g/mol. The van der Waals surface area contributed by atoms with Crippen LogP contribution in [0.3, 0.4) is 0 Å². The lowest BCUT2D eigenvalue weighted by atomic mass is 9.98. The van der Waals surface area contributed by atoms with Crippen molar-refractivity contribution < 1.29 is 24.2 Å². The highest BCUT2D eigenvalue weighted by Gasteiger charge is 2.32. The number of hydrogen-bond acceptors (Lipinski definition) is 5. The first-order chi connectivity index (χ1) is 15.1. The van der Waals surface area contributed by atoms with Crippen molar-refractivity contribution in [3.05, 3.63) is 59.7 Å². The highest BCUT2D eigenvalue weighted by molar-refractivity contribution is 7.99. The molecular weight excluding hydrogens is 416 g/mol. The third-order valence-electron chi connectivity index (χ3n) is 5.69. The van der Waals surface area contributed by atoms with Crippen LogP contribution in [0.5, 0.6) is 0 Å². The Morgan fingerprint density at radius 3 is 2.35 bits per heavy atom. The second-order valence-electron chi connectivity index (χ2n) is 7.52. The summed E-state index contributed by atoms with van der Waals surface area (Å²) >= 11 is 1.53. The first-order valence-electron chi connectivity index (χ1n) is 10.2. The minimum Gasteiger partial charge on any atom is -0.480 e. The van der Waals surface area contributed by atoms with Crippen LogP contribution in [-0.2, 0) is 14.3 Å². The Morgan fingerprint density at radius 1 is 1.06 bits per heavy atom. The van der Waals surface area contributed by atoms with Crippen molar-refractivity contribution in [2.75, 3.05) is 31.2 Å². The molecule has 8 heteroatoms. The number of amides is 2. The fourth-order valence-electron chi connectivity index (χ4n) is 4.17. The van der Waals surface area contributed by atoms with Crippen LogP contribution in [0.1, 0.15) is 23.5 Å². The number of carboxylic acid groups (broad SMARTS) is 1. The molecule has 4 rings (SSSR count). The number of hydrogen-bond donors (Lipinski definition) is 2. The maximum atomic E-state index is 12.4. The van der Waals surface area contributed by atoms with Gasteiger partial charge in [0, 0.05) is 36.9 Å². The lowest BCUT2D eigenvalue weighted by Gasteiger charge is -2.32. The lowest BCUT2D eigenvalue weighted by Crippen LogP contribution is -2.50. The molecule has 0 aromatic heterocycles. The molecule has 2 N–H and O–H groups in total. The molecule has 0 spiro atoms. The van der Waals surface area contributed by atoms with Crippen LogP contribution in [0, 0.1) is 0 Å². The number of alkyl carbamates (subject to hydrolysis) is 1. The smallest absolute Gasteiger partial charge is 0.407 e. The van der Waals surface area contributed by atoms with Gasteiger partial charge in [-0.3, -0.25) is 4.79 Å². The van der Waals surface area contributed by atoms with Crippen LogP contribution in [0.2, 0.25) is 0 Å². The van der Waals surface area contributed by atoms with Crippen LogP contribution in [0.15, 0.2) is 48.5 Å². The van der Waals surface area contributed by atoms with Crippen molar-refractivity contribution in [3.8, 4) is 11.1 Å². The molecule has 1 atom stereocenters. The molecule has 1 unspecified atom stereocenters. The van der Waals surface area contributed by atoms with Crippen LogP contribution >= 0.6 is 11.8 Å². The van der Waals surface area contributed by atoms with Gasteiger partial charge in [0.1, 0.15) is 12.6 Å². The molecule has 1 fully saturated rings. The van der Waals surface area contributed by atoms with Gasteiger partial charge in [0.2, 0.25) is 5.91 Å². The van der Waals surface area contributed by atoms with Gasteiger partial charge in [0.25, 0.3) is 0 Å². The largest absolute Gasteiger partial charge is 0.480 e. The number of rotatable bonds is 6. The predicted molar refractivity (Wildman–Crippen MR) is 118 cm³/mol. The molecule has 2 aromatic rings. The summed E-state index contributed by atoms with van der Waals surface area (Å²) in [6, 6.07) is 15.4. The summed E-state index contributed by atoms with van der Waals surface area (Å²) in [6.45, 7) is 0.717. The van der Waals surface area contributed by atoms with Gasteiger partial charge in [0.05, 0.1) is 0 Å². The number of benzene rings is 2. The van der Waals surface area contributed by atoms with Crippen molar-refractivity contribution in [1.29, 1.82) is 0 Å². The Hall–Kier alpha value is -3.00. The van der Waals surface area contributed by atoms with Crippen LogP contribution in [-0.4, -0.2) is 65.2 Å². The third-order valence-corrected chi connectivity index (χ3v) is 6.71. The van der Waals surface area contributed by atoms with E-state index in [9.17, 15) is 19.5 Å².